The van der Waals surface area contributed by atoms with E-state index in [9.17, 15) is 9.90 Å². The lowest BCUT2D eigenvalue weighted by molar-refractivity contribution is -0.141. The molecular weight excluding hydrogens is 320 g/mol. The minimum atomic E-state index is -0.797. The Morgan fingerprint density at radius 2 is 2.50 bits per heavy atom. The molecule has 0 bridgehead atoms. The van der Waals surface area contributed by atoms with Crippen LogP contribution in [0.3, 0.4) is 0 Å². The number of ether oxygens (including phenoxy) is 1. The van der Waals surface area contributed by atoms with E-state index < -0.39 is 11.9 Å². The van der Waals surface area contributed by atoms with Crippen molar-refractivity contribution in [2.75, 3.05) is 24.7 Å². The van der Waals surface area contributed by atoms with Crippen LogP contribution in [0.2, 0.25) is 0 Å². The molecule has 5 nitrogen and oxygen atoms in total. The van der Waals surface area contributed by atoms with E-state index >= 15 is 0 Å². The van der Waals surface area contributed by atoms with Gasteiger partial charge in [0.1, 0.15) is 10.5 Å². The molecule has 1 aromatic rings. The molecule has 0 saturated carbocycles. The molecule has 0 amide bonds. The van der Waals surface area contributed by atoms with Gasteiger partial charge in [-0.25, -0.2) is 4.98 Å². The predicted molar refractivity (Wildman–Crippen MR) is 73.2 cm³/mol. The second-order valence-electron chi connectivity index (χ2n) is 4.20. The number of hydrogen-bond acceptors (Lipinski definition) is 5. The first-order chi connectivity index (χ1) is 8.63. The topological polar surface area (TPSA) is 62.7 Å². The van der Waals surface area contributed by atoms with E-state index in [2.05, 4.69) is 32.7 Å². The monoisotopic (exact) mass is 334 g/mol. The van der Waals surface area contributed by atoms with Gasteiger partial charge in [0.2, 0.25) is 0 Å². The Morgan fingerprint density at radius 3 is 3.06 bits per heavy atom. The van der Waals surface area contributed by atoms with Crippen molar-refractivity contribution in [3.05, 3.63) is 9.98 Å². The number of carbonyl (C=O) groups is 1. The van der Waals surface area contributed by atoms with Crippen molar-refractivity contribution < 1.29 is 14.6 Å². The second-order valence-corrected chi connectivity index (χ2v) is 5.84. The van der Waals surface area contributed by atoms with E-state index in [4.69, 9.17) is 4.74 Å². The molecule has 2 atom stereocenters. The largest absolute Gasteiger partial charge is 0.481 e. The summed E-state index contributed by atoms with van der Waals surface area (Å²) in [6.07, 6.45) is 0.944. The van der Waals surface area contributed by atoms with Gasteiger partial charge in [0.05, 0.1) is 19.3 Å². The normalized spacial score (nSPS) is 23.2. The lowest BCUT2D eigenvalue weighted by Crippen LogP contribution is -2.43. The summed E-state index contributed by atoms with van der Waals surface area (Å²) >= 11 is 4.85. The van der Waals surface area contributed by atoms with E-state index in [1.807, 2.05) is 5.38 Å². The highest BCUT2D eigenvalue weighted by Crippen LogP contribution is 2.30. The van der Waals surface area contributed by atoms with E-state index in [0.717, 1.165) is 22.7 Å². The van der Waals surface area contributed by atoms with Crippen LogP contribution in [0.5, 0.6) is 0 Å². The van der Waals surface area contributed by atoms with Crippen molar-refractivity contribution in [1.82, 2.24) is 4.98 Å². The third-order valence-corrected chi connectivity index (χ3v) is 4.53. The third kappa shape index (κ3) is 2.84. The minimum absolute atomic E-state index is 0.125. The van der Waals surface area contributed by atoms with Gasteiger partial charge in [-0.05, 0) is 22.4 Å². The van der Waals surface area contributed by atoms with Crippen molar-refractivity contribution in [3.63, 3.8) is 0 Å². The number of thiazole rings is 1. The van der Waals surface area contributed by atoms with Gasteiger partial charge in [-0.15, -0.1) is 11.3 Å². The Morgan fingerprint density at radius 1 is 1.72 bits per heavy atom. The summed E-state index contributed by atoms with van der Waals surface area (Å²) in [6, 6.07) is -0.125. The standard InChI is InChI=1S/C11H15BrN2O3S/c1-2-3-14(11-13-9(12)6-18-11)8-5-17-4-7(8)10(15)16/h6-8H,2-5H2,1H3,(H,15,16). The molecule has 2 heterocycles. The van der Waals surface area contributed by atoms with Gasteiger partial charge in [0.15, 0.2) is 5.13 Å². The first-order valence-corrected chi connectivity index (χ1v) is 7.49. The van der Waals surface area contributed by atoms with Crippen LogP contribution >= 0.6 is 27.3 Å². The van der Waals surface area contributed by atoms with Crippen molar-refractivity contribution in [2.24, 2.45) is 5.92 Å². The van der Waals surface area contributed by atoms with Crippen LogP contribution in [0.4, 0.5) is 5.13 Å². The van der Waals surface area contributed by atoms with Crippen LogP contribution in [0.25, 0.3) is 0 Å². The Hall–Kier alpha value is -0.660. The molecule has 1 fully saturated rings. The molecule has 2 rings (SSSR count). The third-order valence-electron chi connectivity index (χ3n) is 2.94. The maximum Gasteiger partial charge on any atom is 0.311 e. The minimum Gasteiger partial charge on any atom is -0.481 e. The number of halogens is 1. The van der Waals surface area contributed by atoms with E-state index in [-0.39, 0.29) is 12.6 Å². The highest BCUT2D eigenvalue weighted by molar-refractivity contribution is 9.10. The molecule has 1 aromatic heterocycles. The van der Waals surface area contributed by atoms with Crippen LogP contribution in [0.1, 0.15) is 13.3 Å². The first-order valence-electron chi connectivity index (χ1n) is 5.81. The molecule has 0 spiro atoms. The average molecular weight is 335 g/mol. The van der Waals surface area contributed by atoms with Crippen molar-refractivity contribution in [1.29, 1.82) is 0 Å². The average Bonchev–Trinajstić information content (AvgIpc) is 2.94. The molecule has 0 radical (unpaired) electrons. The van der Waals surface area contributed by atoms with Gasteiger partial charge < -0.3 is 14.7 Å². The summed E-state index contributed by atoms with van der Waals surface area (Å²) in [6.45, 7) is 3.60. The quantitative estimate of drug-likeness (QED) is 0.894. The number of aromatic nitrogens is 1. The fraction of sp³-hybridized carbons (Fsp3) is 0.636. The molecule has 0 aliphatic carbocycles. The highest BCUT2D eigenvalue weighted by atomic mass is 79.9. The van der Waals surface area contributed by atoms with Gasteiger partial charge in [-0.3, -0.25) is 4.79 Å². The predicted octanol–water partition coefficient (Wildman–Crippen LogP) is 2.22. The number of anilines is 1. The summed E-state index contributed by atoms with van der Waals surface area (Å²) < 4.78 is 6.12. The maximum absolute atomic E-state index is 11.2. The van der Waals surface area contributed by atoms with Crippen LogP contribution in [-0.4, -0.2) is 41.9 Å². The zero-order chi connectivity index (χ0) is 13.1. The molecule has 1 aliphatic heterocycles. The SMILES string of the molecule is CCCN(c1nc(Br)cs1)C1COCC1C(=O)O. The Balaban J connectivity index is 2.21. The van der Waals surface area contributed by atoms with Gasteiger partial charge in [0, 0.05) is 11.9 Å². The molecular formula is C11H15BrN2O3S. The number of nitrogens with zero attached hydrogens (tertiary/aromatic N) is 2. The highest BCUT2D eigenvalue weighted by Gasteiger charge is 2.38. The van der Waals surface area contributed by atoms with Gasteiger partial charge in [-0.2, -0.15) is 0 Å². The van der Waals surface area contributed by atoms with E-state index in [1.165, 1.54) is 11.3 Å². The van der Waals surface area contributed by atoms with Crippen molar-refractivity contribution >= 4 is 38.4 Å². The summed E-state index contributed by atoms with van der Waals surface area (Å²) in [4.78, 5) is 17.7. The first kappa shape index (κ1) is 13.8. The Labute approximate surface area is 118 Å². The van der Waals surface area contributed by atoms with Gasteiger partial charge in [-0.1, -0.05) is 6.92 Å². The molecule has 2 unspecified atom stereocenters. The number of aliphatic carboxylic acids is 1. The fourth-order valence-corrected chi connectivity index (χ4v) is 3.44. The molecule has 0 aromatic carbocycles. The lowest BCUT2D eigenvalue weighted by Gasteiger charge is -2.29. The Kier molecular flexibility index (Phi) is 4.58. The molecule has 100 valence electrons. The zero-order valence-corrected chi connectivity index (χ0v) is 12.4. The molecule has 1 saturated heterocycles. The van der Waals surface area contributed by atoms with Gasteiger partial charge in [0.25, 0.3) is 0 Å². The number of rotatable bonds is 5. The van der Waals surface area contributed by atoms with Crippen LogP contribution in [-0.2, 0) is 9.53 Å². The number of hydrogen-bond donors (Lipinski definition) is 1. The molecule has 18 heavy (non-hydrogen) atoms. The fourth-order valence-electron chi connectivity index (χ4n) is 2.11. The zero-order valence-electron chi connectivity index (χ0n) is 10.0. The van der Waals surface area contributed by atoms with Gasteiger partial charge >= 0.3 is 5.97 Å². The molecule has 7 heteroatoms. The van der Waals surface area contributed by atoms with Crippen LogP contribution in [0.15, 0.2) is 9.98 Å². The van der Waals surface area contributed by atoms with Crippen molar-refractivity contribution in [3.8, 4) is 0 Å². The maximum atomic E-state index is 11.2. The summed E-state index contributed by atoms with van der Waals surface area (Å²) in [5.74, 6) is -1.27. The van der Waals surface area contributed by atoms with Crippen LogP contribution < -0.4 is 4.90 Å². The van der Waals surface area contributed by atoms with E-state index in [1.54, 1.807) is 0 Å². The summed E-state index contributed by atoms with van der Waals surface area (Å²) in [5.41, 5.74) is 0. The number of carboxylic acid groups (broad SMARTS) is 1. The molecule has 1 aliphatic rings. The number of carboxylic acids is 1. The summed E-state index contributed by atoms with van der Waals surface area (Å²) in [7, 11) is 0. The Bertz CT molecular complexity index is 426. The van der Waals surface area contributed by atoms with Crippen LogP contribution in [0, 0.1) is 5.92 Å². The second kappa shape index (κ2) is 5.99. The smallest absolute Gasteiger partial charge is 0.311 e. The van der Waals surface area contributed by atoms with Crippen molar-refractivity contribution in [2.45, 2.75) is 19.4 Å². The molecule has 1 N–H and O–H groups in total. The summed E-state index contributed by atoms with van der Waals surface area (Å²) in [5, 5.41) is 12.0. The lowest BCUT2D eigenvalue weighted by atomic mass is 10.0. The van der Waals surface area contributed by atoms with E-state index in [0.29, 0.717) is 6.61 Å².